The number of rotatable bonds is 7. The topological polar surface area (TPSA) is 94.1 Å². The maximum Gasteiger partial charge on any atom is 0.254 e. The second kappa shape index (κ2) is 8.70. The van der Waals surface area contributed by atoms with Crippen LogP contribution in [0.15, 0.2) is 24.3 Å². The van der Waals surface area contributed by atoms with Crippen molar-refractivity contribution in [2.45, 2.75) is 6.10 Å². The second-order valence-electron chi connectivity index (χ2n) is 5.16. The van der Waals surface area contributed by atoms with Gasteiger partial charge in [0.15, 0.2) is 0 Å². The predicted molar refractivity (Wildman–Crippen MR) is 82.7 cm³/mol. The summed E-state index contributed by atoms with van der Waals surface area (Å²) in [6.07, 6.45) is -0.857. The van der Waals surface area contributed by atoms with Crippen LogP contribution in [0.1, 0.15) is 10.4 Å². The Morgan fingerprint density at radius 3 is 2.77 bits per heavy atom. The first kappa shape index (κ1) is 16.7. The molecule has 7 nitrogen and oxygen atoms in total. The molecule has 1 aliphatic heterocycles. The first-order valence-electron chi connectivity index (χ1n) is 7.41. The van der Waals surface area contributed by atoms with Gasteiger partial charge in [-0.1, -0.05) is 12.1 Å². The zero-order valence-electron chi connectivity index (χ0n) is 12.5. The monoisotopic (exact) mass is 309 g/mol. The number of anilines is 1. The van der Waals surface area contributed by atoms with Gasteiger partial charge in [-0.2, -0.15) is 0 Å². The van der Waals surface area contributed by atoms with E-state index in [1.165, 1.54) is 0 Å². The van der Waals surface area contributed by atoms with Crippen molar-refractivity contribution in [3.8, 4) is 0 Å². The molecule has 1 heterocycles. The van der Waals surface area contributed by atoms with Gasteiger partial charge in [-0.05, 0) is 12.1 Å². The minimum Gasteiger partial charge on any atom is -0.394 e. The maximum absolute atomic E-state index is 12.3. The summed E-state index contributed by atoms with van der Waals surface area (Å²) in [4.78, 5) is 14.4. The Bertz CT molecular complexity index is 478. The van der Waals surface area contributed by atoms with Crippen LogP contribution in [-0.2, 0) is 4.74 Å². The summed E-state index contributed by atoms with van der Waals surface area (Å²) in [5.41, 5.74) is 1.15. The Morgan fingerprint density at radius 2 is 2.05 bits per heavy atom. The molecule has 0 aromatic heterocycles. The van der Waals surface area contributed by atoms with Gasteiger partial charge in [-0.15, -0.1) is 0 Å². The zero-order chi connectivity index (χ0) is 15.8. The standard InChI is InChI=1S/C15H23N3O4/c19-10-12(20)9-16-14-4-2-1-3-13(14)15(21)17-11-18-5-7-22-8-6-18/h1-4,12,16,19-20H,5-11H2,(H,17,21). The number of hydrogen-bond acceptors (Lipinski definition) is 6. The van der Waals surface area contributed by atoms with Gasteiger partial charge in [0, 0.05) is 25.3 Å². The summed E-state index contributed by atoms with van der Waals surface area (Å²) in [6.45, 7) is 3.34. The van der Waals surface area contributed by atoms with Gasteiger partial charge in [-0.25, -0.2) is 0 Å². The molecule has 0 aliphatic carbocycles. The normalized spacial score (nSPS) is 17.0. The van der Waals surface area contributed by atoms with Gasteiger partial charge in [0.05, 0.1) is 38.2 Å². The number of carbonyl (C=O) groups is 1. The van der Waals surface area contributed by atoms with Crippen LogP contribution in [0.3, 0.4) is 0 Å². The number of para-hydroxylation sites is 1. The summed E-state index contributed by atoms with van der Waals surface area (Å²) >= 11 is 0. The largest absolute Gasteiger partial charge is 0.394 e. The number of hydrogen-bond donors (Lipinski definition) is 4. The highest BCUT2D eigenvalue weighted by molar-refractivity contribution is 5.99. The first-order valence-corrected chi connectivity index (χ1v) is 7.41. The Labute approximate surface area is 129 Å². The molecule has 0 bridgehead atoms. The highest BCUT2D eigenvalue weighted by atomic mass is 16.5. The molecule has 1 saturated heterocycles. The van der Waals surface area contributed by atoms with E-state index in [-0.39, 0.29) is 19.1 Å². The minimum atomic E-state index is -0.857. The Hall–Kier alpha value is -1.67. The lowest BCUT2D eigenvalue weighted by Crippen LogP contribution is -2.43. The van der Waals surface area contributed by atoms with Crippen LogP contribution in [0.4, 0.5) is 5.69 Å². The van der Waals surface area contributed by atoms with Crippen molar-refractivity contribution >= 4 is 11.6 Å². The fourth-order valence-electron chi connectivity index (χ4n) is 2.17. The second-order valence-corrected chi connectivity index (χ2v) is 5.16. The van der Waals surface area contributed by atoms with Crippen LogP contribution in [-0.4, -0.2) is 73.2 Å². The minimum absolute atomic E-state index is 0.173. The molecule has 1 aromatic carbocycles. The molecule has 7 heteroatoms. The average molecular weight is 309 g/mol. The molecule has 1 aromatic rings. The molecule has 0 saturated carbocycles. The lowest BCUT2D eigenvalue weighted by molar-refractivity contribution is 0.0334. The fraction of sp³-hybridized carbons (Fsp3) is 0.533. The Balaban J connectivity index is 1.90. The van der Waals surface area contributed by atoms with E-state index < -0.39 is 6.10 Å². The Morgan fingerprint density at radius 1 is 1.32 bits per heavy atom. The highest BCUT2D eigenvalue weighted by Crippen LogP contribution is 2.14. The Kier molecular flexibility index (Phi) is 6.60. The number of amides is 1. The molecule has 4 N–H and O–H groups in total. The van der Waals surface area contributed by atoms with Gasteiger partial charge >= 0.3 is 0 Å². The fourth-order valence-corrected chi connectivity index (χ4v) is 2.17. The zero-order valence-corrected chi connectivity index (χ0v) is 12.5. The number of aliphatic hydroxyl groups excluding tert-OH is 2. The summed E-state index contributed by atoms with van der Waals surface area (Å²) in [6, 6.07) is 7.10. The van der Waals surface area contributed by atoms with E-state index in [9.17, 15) is 9.90 Å². The summed E-state index contributed by atoms with van der Waals surface area (Å²) < 4.78 is 5.27. The summed E-state index contributed by atoms with van der Waals surface area (Å²) in [7, 11) is 0. The van der Waals surface area contributed by atoms with Gasteiger partial charge in [-0.3, -0.25) is 9.69 Å². The molecule has 0 radical (unpaired) electrons. The molecule has 1 unspecified atom stereocenters. The van der Waals surface area contributed by atoms with Crippen molar-refractivity contribution in [3.05, 3.63) is 29.8 Å². The number of morpholine rings is 1. The number of ether oxygens (including phenoxy) is 1. The van der Waals surface area contributed by atoms with Crippen molar-refractivity contribution in [3.63, 3.8) is 0 Å². The van der Waals surface area contributed by atoms with Gasteiger partial charge in [0.25, 0.3) is 5.91 Å². The molecule has 2 rings (SSSR count). The van der Waals surface area contributed by atoms with Crippen molar-refractivity contribution in [1.29, 1.82) is 0 Å². The quantitative estimate of drug-likeness (QED) is 0.541. The number of carbonyl (C=O) groups excluding carboxylic acids is 1. The molecule has 0 spiro atoms. The van der Waals surface area contributed by atoms with E-state index in [1.807, 2.05) is 6.07 Å². The van der Waals surface area contributed by atoms with Crippen LogP contribution in [0.25, 0.3) is 0 Å². The number of benzene rings is 1. The van der Waals surface area contributed by atoms with Crippen molar-refractivity contribution in [1.82, 2.24) is 10.2 Å². The van der Waals surface area contributed by atoms with E-state index in [4.69, 9.17) is 9.84 Å². The van der Waals surface area contributed by atoms with Crippen LogP contribution in [0.5, 0.6) is 0 Å². The van der Waals surface area contributed by atoms with Crippen LogP contribution >= 0.6 is 0 Å². The molecular weight excluding hydrogens is 286 g/mol. The lowest BCUT2D eigenvalue weighted by Gasteiger charge is -2.26. The summed E-state index contributed by atoms with van der Waals surface area (Å²) in [5.74, 6) is -0.173. The van der Waals surface area contributed by atoms with Crippen molar-refractivity contribution in [2.75, 3.05) is 51.4 Å². The third-order valence-electron chi connectivity index (χ3n) is 3.48. The van der Waals surface area contributed by atoms with E-state index in [0.29, 0.717) is 31.1 Å². The van der Waals surface area contributed by atoms with Crippen molar-refractivity contribution < 1.29 is 19.7 Å². The lowest BCUT2D eigenvalue weighted by atomic mass is 10.1. The molecule has 1 amide bonds. The number of nitrogens with one attached hydrogen (secondary N) is 2. The van der Waals surface area contributed by atoms with Crippen molar-refractivity contribution in [2.24, 2.45) is 0 Å². The van der Waals surface area contributed by atoms with Crippen LogP contribution in [0, 0.1) is 0 Å². The van der Waals surface area contributed by atoms with E-state index in [1.54, 1.807) is 18.2 Å². The van der Waals surface area contributed by atoms with Crippen LogP contribution < -0.4 is 10.6 Å². The van der Waals surface area contributed by atoms with Gasteiger partial charge in [0.2, 0.25) is 0 Å². The molecule has 1 fully saturated rings. The third-order valence-corrected chi connectivity index (χ3v) is 3.48. The molecular formula is C15H23N3O4. The SMILES string of the molecule is O=C(NCN1CCOCC1)c1ccccc1NCC(O)CO. The molecule has 22 heavy (non-hydrogen) atoms. The van der Waals surface area contributed by atoms with E-state index in [0.717, 1.165) is 13.1 Å². The number of aliphatic hydroxyl groups is 2. The van der Waals surface area contributed by atoms with Crippen LogP contribution in [0.2, 0.25) is 0 Å². The molecule has 122 valence electrons. The smallest absolute Gasteiger partial charge is 0.254 e. The van der Waals surface area contributed by atoms with Gasteiger partial charge < -0.3 is 25.6 Å². The number of nitrogens with zero attached hydrogens (tertiary/aromatic N) is 1. The average Bonchev–Trinajstić information content (AvgIpc) is 2.58. The predicted octanol–water partition coefficient (Wildman–Crippen LogP) is -0.529. The highest BCUT2D eigenvalue weighted by Gasteiger charge is 2.14. The van der Waals surface area contributed by atoms with Gasteiger partial charge in [0.1, 0.15) is 0 Å². The molecule has 1 atom stereocenters. The molecule has 1 aliphatic rings. The maximum atomic E-state index is 12.3. The first-order chi connectivity index (χ1) is 10.7. The van der Waals surface area contributed by atoms with E-state index in [2.05, 4.69) is 15.5 Å². The van der Waals surface area contributed by atoms with E-state index >= 15 is 0 Å². The third kappa shape index (κ3) is 4.96. The summed E-state index contributed by atoms with van der Waals surface area (Å²) in [5, 5.41) is 24.1.